The first kappa shape index (κ1) is 42.6. The molecule has 0 spiro atoms. The Bertz CT molecular complexity index is 1210. The molecule has 9 nitrogen and oxygen atoms in total. The van der Waals surface area contributed by atoms with Crippen LogP contribution in [0.15, 0.2) is 48.5 Å². The van der Waals surface area contributed by atoms with Crippen LogP contribution in [0.4, 0.5) is 5.69 Å². The fraction of sp³-hybridized carbons (Fsp3) is 0.667. The summed E-state index contributed by atoms with van der Waals surface area (Å²) in [7, 11) is 0. The van der Waals surface area contributed by atoms with E-state index >= 15 is 0 Å². The maximum absolute atomic E-state index is 12.8. The Hall–Kier alpha value is -2.82. The maximum Gasteiger partial charge on any atom is 0.243 e. The van der Waals surface area contributed by atoms with Gasteiger partial charge in [-0.25, -0.2) is 5.48 Å². The summed E-state index contributed by atoms with van der Waals surface area (Å²) >= 11 is 0. The number of hydrogen-bond donors (Lipinski definition) is 4. The molecule has 0 aliphatic carbocycles. The molecule has 4 N–H and O–H groups in total. The number of carbonyl (C=O) groups excluding carboxylic acids is 2. The lowest BCUT2D eigenvalue weighted by atomic mass is 9.99. The largest absolute Gasteiger partial charge is 0.392 e. The highest BCUT2D eigenvalue weighted by atomic mass is 16.7. The number of unbranched alkanes of at least 4 members (excludes halogenated alkanes) is 13. The highest BCUT2D eigenvalue weighted by molar-refractivity contribution is 5.90. The van der Waals surface area contributed by atoms with Crippen molar-refractivity contribution in [1.82, 2.24) is 10.4 Å². The minimum Gasteiger partial charge on any atom is -0.392 e. The van der Waals surface area contributed by atoms with Crippen LogP contribution >= 0.6 is 0 Å². The van der Waals surface area contributed by atoms with Gasteiger partial charge in [-0.2, -0.15) is 0 Å². The topological polar surface area (TPSA) is 120 Å². The van der Waals surface area contributed by atoms with Crippen LogP contribution in [0.5, 0.6) is 0 Å². The number of benzene rings is 2. The molecule has 1 aliphatic rings. The van der Waals surface area contributed by atoms with Crippen LogP contribution in [-0.2, 0) is 25.7 Å². The van der Waals surface area contributed by atoms with E-state index in [0.29, 0.717) is 18.5 Å². The average molecular weight is 710 g/mol. The molecular formula is C42H67N3O6. The molecule has 3 rings (SSSR count). The second kappa shape index (κ2) is 26.0. The number of aliphatic hydroxyl groups is 1. The Labute approximate surface area is 307 Å². The first-order chi connectivity index (χ1) is 24.9. The number of aliphatic hydroxyl groups excluding tert-OH is 1. The van der Waals surface area contributed by atoms with E-state index in [0.717, 1.165) is 62.0 Å². The van der Waals surface area contributed by atoms with Crippen molar-refractivity contribution in [3.05, 3.63) is 65.2 Å². The van der Waals surface area contributed by atoms with Gasteiger partial charge in [0.25, 0.3) is 0 Å². The van der Waals surface area contributed by atoms with Crippen molar-refractivity contribution in [3.63, 3.8) is 0 Å². The van der Waals surface area contributed by atoms with Gasteiger partial charge in [-0.1, -0.05) is 127 Å². The van der Waals surface area contributed by atoms with Crippen LogP contribution in [-0.4, -0.2) is 52.8 Å². The summed E-state index contributed by atoms with van der Waals surface area (Å²) in [6.45, 7) is 7.57. The molecule has 0 bridgehead atoms. The minimum atomic E-state index is -0.579. The number of hydroxylamine groups is 1. The number of ether oxygens (including phenoxy) is 2. The lowest BCUT2D eigenvalue weighted by Crippen LogP contribution is -2.40. The first-order valence-corrected chi connectivity index (χ1v) is 20.0. The van der Waals surface area contributed by atoms with Crippen LogP contribution in [0.1, 0.15) is 165 Å². The summed E-state index contributed by atoms with van der Waals surface area (Å²) < 4.78 is 13.4. The molecule has 1 heterocycles. The van der Waals surface area contributed by atoms with Gasteiger partial charge in [-0.3, -0.25) is 14.8 Å². The third-order valence-corrected chi connectivity index (χ3v) is 9.86. The summed E-state index contributed by atoms with van der Waals surface area (Å²) in [5.41, 5.74) is 5.18. The lowest BCUT2D eigenvalue weighted by molar-refractivity contribution is -0.253. The minimum absolute atomic E-state index is 0.00781. The molecule has 286 valence electrons. The lowest BCUT2D eigenvalue weighted by Gasteiger charge is -2.38. The molecule has 0 radical (unpaired) electrons. The van der Waals surface area contributed by atoms with Crippen LogP contribution in [0.25, 0.3) is 0 Å². The van der Waals surface area contributed by atoms with Gasteiger partial charge in [0.05, 0.1) is 18.8 Å². The van der Waals surface area contributed by atoms with Gasteiger partial charge in [-0.05, 0) is 62.0 Å². The van der Waals surface area contributed by atoms with Gasteiger partial charge in [0.2, 0.25) is 11.8 Å². The van der Waals surface area contributed by atoms with E-state index in [4.69, 9.17) is 14.7 Å². The summed E-state index contributed by atoms with van der Waals surface area (Å²) in [4.78, 5) is 26.6. The molecular weight excluding hydrogens is 642 g/mol. The molecule has 2 amide bonds. The van der Waals surface area contributed by atoms with E-state index < -0.39 is 6.29 Å². The van der Waals surface area contributed by atoms with E-state index in [2.05, 4.69) is 36.2 Å². The first-order valence-electron chi connectivity index (χ1n) is 20.0. The highest BCUT2D eigenvalue weighted by Crippen LogP contribution is 2.39. The fourth-order valence-electron chi connectivity index (χ4n) is 6.81. The highest BCUT2D eigenvalue weighted by Gasteiger charge is 2.33. The second-order valence-corrected chi connectivity index (χ2v) is 14.3. The van der Waals surface area contributed by atoms with Crippen molar-refractivity contribution in [3.8, 4) is 0 Å². The zero-order valence-electron chi connectivity index (χ0n) is 31.6. The third-order valence-electron chi connectivity index (χ3n) is 9.86. The van der Waals surface area contributed by atoms with E-state index in [-0.39, 0.29) is 37.0 Å². The molecule has 3 atom stereocenters. The zero-order chi connectivity index (χ0) is 36.5. The number of amides is 2. The number of anilines is 1. The van der Waals surface area contributed by atoms with Crippen LogP contribution < -0.4 is 10.8 Å². The van der Waals surface area contributed by atoms with Crippen LogP contribution in [0.3, 0.4) is 0 Å². The molecule has 1 fully saturated rings. The molecule has 0 saturated carbocycles. The fourth-order valence-corrected chi connectivity index (χ4v) is 6.81. The molecule has 2 aromatic carbocycles. The van der Waals surface area contributed by atoms with Crippen LogP contribution in [0, 0.1) is 0 Å². The van der Waals surface area contributed by atoms with Gasteiger partial charge in [0.15, 0.2) is 6.29 Å². The summed E-state index contributed by atoms with van der Waals surface area (Å²) in [6, 6.07) is 15.8. The van der Waals surface area contributed by atoms with E-state index in [1.165, 1.54) is 77.0 Å². The predicted molar refractivity (Wildman–Crippen MR) is 204 cm³/mol. The normalized spacial score (nSPS) is 17.5. The number of carbonyl (C=O) groups is 2. The van der Waals surface area contributed by atoms with Gasteiger partial charge < -0.3 is 24.8 Å². The number of rotatable bonds is 27. The molecule has 51 heavy (non-hydrogen) atoms. The molecule has 1 aliphatic heterocycles. The standard InChI is InChI=1S/C42H67N3O6/c1-3-5-7-9-13-17-28-45(29-18-14-10-8-6-4-2)32-38-31-39(35-26-24-34(33-46)25-27-35)51-42(50-38)36-20-19-21-37(30-36)43-40(47)22-15-11-12-16-23-41(48)44-49/h19-21,24-27,30,38-39,42,46,49H,3-18,22-23,28-29,31-33H2,1-2H3,(H,43,47)(H,44,48)/t38-,39+,42+/m0/s1. The molecule has 0 unspecified atom stereocenters. The Balaban J connectivity index is 1.67. The van der Waals surface area contributed by atoms with Crippen LogP contribution in [0.2, 0.25) is 0 Å². The van der Waals surface area contributed by atoms with Crippen molar-refractivity contribution < 1.29 is 29.4 Å². The molecule has 9 heteroatoms. The van der Waals surface area contributed by atoms with Crippen molar-refractivity contribution in [2.75, 3.05) is 25.0 Å². The SMILES string of the molecule is CCCCCCCCN(CCCCCCCC)C[C@@H]1C[C@H](c2ccc(CO)cc2)O[C@H](c2cccc(NC(=O)CCCCCCC(=O)NO)c2)O1. The van der Waals surface area contributed by atoms with Gasteiger partial charge >= 0.3 is 0 Å². The average Bonchev–Trinajstić information content (AvgIpc) is 3.15. The van der Waals surface area contributed by atoms with E-state index in [1.807, 2.05) is 36.4 Å². The predicted octanol–water partition coefficient (Wildman–Crippen LogP) is 9.53. The monoisotopic (exact) mass is 710 g/mol. The van der Waals surface area contributed by atoms with Gasteiger partial charge in [0, 0.05) is 37.1 Å². The second-order valence-electron chi connectivity index (χ2n) is 14.3. The van der Waals surface area contributed by atoms with Gasteiger partial charge in [0.1, 0.15) is 0 Å². The Morgan fingerprint density at radius 2 is 1.31 bits per heavy atom. The summed E-state index contributed by atoms with van der Waals surface area (Å²) in [5, 5.41) is 21.3. The van der Waals surface area contributed by atoms with Crippen molar-refractivity contribution in [1.29, 1.82) is 0 Å². The Morgan fingerprint density at radius 3 is 1.92 bits per heavy atom. The van der Waals surface area contributed by atoms with E-state index in [9.17, 15) is 14.7 Å². The number of nitrogens with one attached hydrogen (secondary N) is 2. The number of hydrogen-bond acceptors (Lipinski definition) is 7. The van der Waals surface area contributed by atoms with Crippen molar-refractivity contribution in [2.24, 2.45) is 0 Å². The summed E-state index contributed by atoms with van der Waals surface area (Å²) in [6.07, 6.45) is 19.1. The Morgan fingerprint density at radius 1 is 0.725 bits per heavy atom. The van der Waals surface area contributed by atoms with Crippen molar-refractivity contribution >= 4 is 17.5 Å². The maximum atomic E-state index is 12.8. The molecule has 2 aromatic rings. The zero-order valence-corrected chi connectivity index (χ0v) is 31.6. The smallest absolute Gasteiger partial charge is 0.243 e. The van der Waals surface area contributed by atoms with Crippen molar-refractivity contribution in [2.45, 2.75) is 161 Å². The van der Waals surface area contributed by atoms with E-state index in [1.54, 1.807) is 5.48 Å². The molecule has 1 saturated heterocycles. The Kier molecular flexibility index (Phi) is 21.7. The quantitative estimate of drug-likeness (QED) is 0.0414. The third kappa shape index (κ3) is 17.5. The number of nitrogens with zero attached hydrogens (tertiary/aromatic N) is 1. The van der Waals surface area contributed by atoms with Gasteiger partial charge in [-0.15, -0.1) is 0 Å². The molecule has 0 aromatic heterocycles. The summed E-state index contributed by atoms with van der Waals surface area (Å²) in [5.74, 6) is -0.431.